The molecule has 4 heteroatoms. The summed E-state index contributed by atoms with van der Waals surface area (Å²) >= 11 is 0. The molecule has 0 bridgehead atoms. The number of anilines is 2. The number of nitrogens with zero attached hydrogens (tertiary/aromatic N) is 1. The third-order valence-corrected chi connectivity index (χ3v) is 2.70. The maximum Gasteiger partial charge on any atom is 0.234 e. The van der Waals surface area contributed by atoms with Crippen molar-refractivity contribution >= 4 is 23.2 Å². The van der Waals surface area contributed by atoms with Crippen LogP contribution in [0.15, 0.2) is 24.3 Å². The molecule has 0 radical (unpaired) electrons. The van der Waals surface area contributed by atoms with Gasteiger partial charge in [-0.25, -0.2) is 0 Å². The van der Waals surface area contributed by atoms with Crippen LogP contribution in [0.25, 0.3) is 0 Å². The van der Waals surface area contributed by atoms with Gasteiger partial charge in [-0.05, 0) is 30.2 Å². The summed E-state index contributed by atoms with van der Waals surface area (Å²) in [6.07, 6.45) is 0.853. The molecular weight excluding hydrogens is 204 g/mol. The number of amides is 2. The average Bonchev–Trinajstić information content (AvgIpc) is 2.19. The first kappa shape index (κ1) is 10.7. The third-order valence-electron chi connectivity index (χ3n) is 2.70. The van der Waals surface area contributed by atoms with E-state index in [1.165, 1.54) is 4.90 Å². The topological polar surface area (TPSA) is 63.4 Å². The van der Waals surface area contributed by atoms with E-state index in [1.54, 1.807) is 24.3 Å². The molecule has 0 saturated carbocycles. The van der Waals surface area contributed by atoms with Crippen molar-refractivity contribution in [3.63, 3.8) is 0 Å². The van der Waals surface area contributed by atoms with E-state index >= 15 is 0 Å². The van der Waals surface area contributed by atoms with Gasteiger partial charge >= 0.3 is 0 Å². The van der Waals surface area contributed by atoms with Gasteiger partial charge in [-0.3, -0.25) is 14.5 Å². The Morgan fingerprint density at radius 1 is 1.12 bits per heavy atom. The van der Waals surface area contributed by atoms with Crippen LogP contribution in [-0.2, 0) is 9.59 Å². The first-order chi connectivity index (χ1) is 7.58. The van der Waals surface area contributed by atoms with E-state index in [4.69, 9.17) is 5.73 Å². The van der Waals surface area contributed by atoms with Crippen molar-refractivity contribution in [1.82, 2.24) is 0 Å². The highest BCUT2D eigenvalue weighted by molar-refractivity contribution is 6.16. The molecule has 0 spiro atoms. The lowest BCUT2D eigenvalue weighted by molar-refractivity contribution is -0.130. The highest BCUT2D eigenvalue weighted by atomic mass is 16.2. The van der Waals surface area contributed by atoms with Gasteiger partial charge in [0, 0.05) is 18.5 Å². The molecule has 1 aliphatic rings. The van der Waals surface area contributed by atoms with Crippen molar-refractivity contribution < 1.29 is 9.59 Å². The zero-order chi connectivity index (χ0) is 11.7. The average molecular weight is 218 g/mol. The first-order valence-electron chi connectivity index (χ1n) is 5.29. The molecular formula is C12H14N2O2. The monoisotopic (exact) mass is 218 g/mol. The minimum absolute atomic E-state index is 0.131. The summed E-state index contributed by atoms with van der Waals surface area (Å²) in [6.45, 7) is 1.91. The summed E-state index contributed by atoms with van der Waals surface area (Å²) in [7, 11) is 0. The molecule has 1 heterocycles. The minimum Gasteiger partial charge on any atom is -0.399 e. The number of piperidine rings is 1. The van der Waals surface area contributed by atoms with Crippen LogP contribution in [0.5, 0.6) is 0 Å². The van der Waals surface area contributed by atoms with Crippen molar-refractivity contribution in [1.29, 1.82) is 0 Å². The van der Waals surface area contributed by atoms with Crippen molar-refractivity contribution in [2.75, 3.05) is 10.6 Å². The van der Waals surface area contributed by atoms with Crippen LogP contribution in [-0.4, -0.2) is 11.8 Å². The number of hydrogen-bond acceptors (Lipinski definition) is 3. The zero-order valence-corrected chi connectivity index (χ0v) is 9.14. The van der Waals surface area contributed by atoms with E-state index in [0.717, 1.165) is 0 Å². The van der Waals surface area contributed by atoms with Gasteiger partial charge in [-0.15, -0.1) is 0 Å². The Morgan fingerprint density at radius 2 is 1.62 bits per heavy atom. The van der Waals surface area contributed by atoms with Crippen LogP contribution in [0.3, 0.4) is 0 Å². The van der Waals surface area contributed by atoms with Crippen molar-refractivity contribution in [2.45, 2.75) is 19.8 Å². The molecule has 16 heavy (non-hydrogen) atoms. The SMILES string of the molecule is CC1CC(=O)N(c2ccc(N)cc2)C(=O)C1. The van der Waals surface area contributed by atoms with Crippen LogP contribution < -0.4 is 10.6 Å². The number of hydrogen-bond donors (Lipinski definition) is 1. The number of rotatable bonds is 1. The Labute approximate surface area is 94.0 Å². The van der Waals surface area contributed by atoms with E-state index in [1.807, 2.05) is 6.92 Å². The fourth-order valence-corrected chi connectivity index (χ4v) is 1.90. The van der Waals surface area contributed by atoms with Gasteiger partial charge in [0.1, 0.15) is 0 Å². The molecule has 0 aromatic heterocycles. The standard InChI is InChI=1S/C12H14N2O2/c1-8-6-11(15)14(12(16)7-8)10-4-2-9(13)3-5-10/h2-5,8H,6-7,13H2,1H3. The molecule has 4 nitrogen and oxygen atoms in total. The quantitative estimate of drug-likeness (QED) is 0.574. The maximum absolute atomic E-state index is 11.8. The lowest BCUT2D eigenvalue weighted by Crippen LogP contribution is -2.42. The summed E-state index contributed by atoms with van der Waals surface area (Å²) in [6, 6.07) is 6.77. The number of benzene rings is 1. The second-order valence-corrected chi connectivity index (χ2v) is 4.23. The molecule has 2 rings (SSSR count). The van der Waals surface area contributed by atoms with Crippen molar-refractivity contribution in [2.24, 2.45) is 5.92 Å². The van der Waals surface area contributed by atoms with Crippen molar-refractivity contribution in [3.05, 3.63) is 24.3 Å². The minimum atomic E-state index is -0.131. The molecule has 0 unspecified atom stereocenters. The smallest absolute Gasteiger partial charge is 0.234 e. The molecule has 2 amide bonds. The molecule has 84 valence electrons. The van der Waals surface area contributed by atoms with Gasteiger partial charge in [0.2, 0.25) is 11.8 Å². The van der Waals surface area contributed by atoms with Gasteiger partial charge in [-0.1, -0.05) is 6.92 Å². The summed E-state index contributed by atoms with van der Waals surface area (Å²) in [5.41, 5.74) is 6.79. The van der Waals surface area contributed by atoms with Gasteiger partial charge in [0.15, 0.2) is 0 Å². The van der Waals surface area contributed by atoms with Gasteiger partial charge in [0.05, 0.1) is 5.69 Å². The van der Waals surface area contributed by atoms with E-state index in [-0.39, 0.29) is 17.7 Å². The van der Waals surface area contributed by atoms with E-state index < -0.39 is 0 Å². The van der Waals surface area contributed by atoms with E-state index in [9.17, 15) is 9.59 Å². The summed E-state index contributed by atoms with van der Waals surface area (Å²) in [5, 5.41) is 0. The fraction of sp³-hybridized carbons (Fsp3) is 0.333. The Bertz CT molecular complexity index is 407. The predicted octanol–water partition coefficient (Wildman–Crippen LogP) is 1.56. The lowest BCUT2D eigenvalue weighted by atomic mass is 9.97. The Hall–Kier alpha value is -1.84. The number of carbonyl (C=O) groups excluding carboxylic acids is 2. The molecule has 1 aromatic rings. The highest BCUT2D eigenvalue weighted by Crippen LogP contribution is 2.25. The summed E-state index contributed by atoms with van der Waals surface area (Å²) in [5.74, 6) is -0.118. The highest BCUT2D eigenvalue weighted by Gasteiger charge is 2.31. The van der Waals surface area contributed by atoms with Crippen LogP contribution in [0.2, 0.25) is 0 Å². The Morgan fingerprint density at radius 3 is 2.12 bits per heavy atom. The number of imide groups is 1. The fourth-order valence-electron chi connectivity index (χ4n) is 1.90. The molecule has 1 aliphatic heterocycles. The Kier molecular flexibility index (Phi) is 2.64. The molecule has 1 aromatic carbocycles. The molecule has 1 saturated heterocycles. The summed E-state index contributed by atoms with van der Waals surface area (Å²) in [4.78, 5) is 24.8. The first-order valence-corrected chi connectivity index (χ1v) is 5.29. The second kappa shape index (κ2) is 3.96. The van der Waals surface area contributed by atoms with Crippen LogP contribution in [0, 0.1) is 5.92 Å². The van der Waals surface area contributed by atoms with E-state index in [2.05, 4.69) is 0 Å². The predicted molar refractivity (Wildman–Crippen MR) is 61.7 cm³/mol. The van der Waals surface area contributed by atoms with Crippen LogP contribution >= 0.6 is 0 Å². The van der Waals surface area contributed by atoms with E-state index in [0.29, 0.717) is 24.2 Å². The summed E-state index contributed by atoms with van der Waals surface area (Å²) < 4.78 is 0. The van der Waals surface area contributed by atoms with Crippen molar-refractivity contribution in [3.8, 4) is 0 Å². The number of nitrogen functional groups attached to an aromatic ring is 1. The van der Waals surface area contributed by atoms with Gasteiger partial charge < -0.3 is 5.73 Å². The zero-order valence-electron chi connectivity index (χ0n) is 9.14. The van der Waals surface area contributed by atoms with Crippen LogP contribution in [0.1, 0.15) is 19.8 Å². The van der Waals surface area contributed by atoms with Gasteiger partial charge in [0.25, 0.3) is 0 Å². The van der Waals surface area contributed by atoms with Gasteiger partial charge in [-0.2, -0.15) is 0 Å². The largest absolute Gasteiger partial charge is 0.399 e. The Balaban J connectivity index is 2.29. The number of nitrogens with two attached hydrogens (primary N) is 1. The normalized spacial score (nSPS) is 17.9. The van der Waals surface area contributed by atoms with Crippen LogP contribution in [0.4, 0.5) is 11.4 Å². The third kappa shape index (κ3) is 1.91. The number of carbonyl (C=O) groups is 2. The lowest BCUT2D eigenvalue weighted by Gasteiger charge is -2.28. The molecule has 0 aliphatic carbocycles. The second-order valence-electron chi connectivity index (χ2n) is 4.23. The maximum atomic E-state index is 11.8. The molecule has 2 N–H and O–H groups in total. The molecule has 1 fully saturated rings. The molecule has 0 atom stereocenters.